The van der Waals surface area contributed by atoms with Gasteiger partial charge in [-0.1, -0.05) is 40.5 Å². The molecule has 1 N–H and O–H groups in total. The first-order chi connectivity index (χ1) is 17.6. The lowest BCUT2D eigenvalue weighted by Gasteiger charge is -2.39. The van der Waals surface area contributed by atoms with E-state index in [0.29, 0.717) is 19.4 Å². The molecule has 2 atom stereocenters. The molecular formula is C29H46N3O3S2+. The van der Waals surface area contributed by atoms with Crippen LogP contribution in [-0.4, -0.2) is 64.9 Å². The summed E-state index contributed by atoms with van der Waals surface area (Å²) in [5, 5.41) is 14.0. The molecule has 0 bridgehead atoms. The van der Waals surface area contributed by atoms with Crippen LogP contribution in [-0.2, 0) is 16.0 Å². The molecule has 3 aromatic rings. The number of hydrogen-bond donors (Lipinski definition) is 1. The standard InChI is InChI=1S/C15H16N2S2.C14H29NO3/c1-2-3-4-5-12-10-17-15(19-12)13-14-11(6-8-16-13)7-9-18-14;1-7-10-18-14(9-3,13(16)17)11-12(8-2)15(4,5)6/h6-10H,2-5H2,1H3;12H,7-11H2,1-6H3/p+1/t;12?,14-/m.1/s1. The van der Waals surface area contributed by atoms with Crippen LogP contribution in [0.4, 0.5) is 0 Å². The van der Waals surface area contributed by atoms with Crippen LogP contribution in [0.25, 0.3) is 20.8 Å². The molecule has 0 radical (unpaired) electrons. The van der Waals surface area contributed by atoms with Crippen molar-refractivity contribution in [1.29, 1.82) is 0 Å². The Morgan fingerprint density at radius 1 is 1.11 bits per heavy atom. The number of aliphatic carboxylic acids is 1. The van der Waals surface area contributed by atoms with Crippen LogP contribution >= 0.6 is 22.7 Å². The van der Waals surface area contributed by atoms with Crippen LogP contribution in [0.2, 0.25) is 0 Å². The highest BCUT2D eigenvalue weighted by Crippen LogP contribution is 2.33. The molecule has 0 saturated heterocycles. The van der Waals surface area contributed by atoms with E-state index in [2.05, 4.69) is 62.5 Å². The Balaban J connectivity index is 0.000000261. The van der Waals surface area contributed by atoms with E-state index in [0.717, 1.165) is 34.4 Å². The molecule has 0 amide bonds. The van der Waals surface area contributed by atoms with Gasteiger partial charge in [0.05, 0.1) is 31.9 Å². The molecule has 37 heavy (non-hydrogen) atoms. The third-order valence-corrected chi connectivity index (χ3v) is 8.83. The van der Waals surface area contributed by atoms with Gasteiger partial charge >= 0.3 is 5.97 Å². The number of carboxylic acids is 1. The molecule has 3 heterocycles. The van der Waals surface area contributed by atoms with E-state index in [9.17, 15) is 9.90 Å². The number of thiazole rings is 1. The molecule has 206 valence electrons. The average molecular weight is 549 g/mol. The Kier molecular flexibility index (Phi) is 12.6. The van der Waals surface area contributed by atoms with Gasteiger partial charge in [-0.15, -0.1) is 22.7 Å². The highest BCUT2D eigenvalue weighted by atomic mass is 32.1. The number of quaternary nitrogens is 1. The minimum absolute atomic E-state index is 0.290. The number of aromatic nitrogens is 2. The van der Waals surface area contributed by atoms with Crippen molar-refractivity contribution in [3.8, 4) is 10.7 Å². The summed E-state index contributed by atoms with van der Waals surface area (Å²) in [5.41, 5.74) is 0.0154. The Hall–Kier alpha value is -1.87. The third kappa shape index (κ3) is 8.84. The van der Waals surface area contributed by atoms with Gasteiger partial charge in [0.15, 0.2) is 5.60 Å². The summed E-state index contributed by atoms with van der Waals surface area (Å²) in [6.07, 6.45) is 11.7. The summed E-state index contributed by atoms with van der Waals surface area (Å²) in [7, 11) is 6.32. The Labute approximate surface area is 231 Å². The monoisotopic (exact) mass is 548 g/mol. The van der Waals surface area contributed by atoms with Gasteiger partial charge in [0.2, 0.25) is 0 Å². The average Bonchev–Trinajstić information content (AvgIpc) is 3.54. The van der Waals surface area contributed by atoms with Crippen molar-refractivity contribution >= 4 is 38.7 Å². The lowest BCUT2D eigenvalue weighted by molar-refractivity contribution is -0.897. The summed E-state index contributed by atoms with van der Waals surface area (Å²) in [5.74, 6) is -0.828. The van der Waals surface area contributed by atoms with E-state index in [4.69, 9.17) is 4.74 Å². The lowest BCUT2D eigenvalue weighted by Crippen LogP contribution is -2.52. The Morgan fingerprint density at radius 3 is 2.46 bits per heavy atom. The van der Waals surface area contributed by atoms with E-state index in [1.807, 2.05) is 26.2 Å². The summed E-state index contributed by atoms with van der Waals surface area (Å²) < 4.78 is 7.72. The molecule has 6 nitrogen and oxygen atoms in total. The third-order valence-electron chi connectivity index (χ3n) is 6.83. The fraction of sp³-hybridized carbons (Fsp3) is 0.621. The molecule has 3 rings (SSSR count). The second kappa shape index (κ2) is 14.9. The maximum Gasteiger partial charge on any atom is 0.336 e. The molecule has 1 unspecified atom stereocenters. The molecule has 8 heteroatoms. The summed E-state index contributed by atoms with van der Waals surface area (Å²) in [4.78, 5) is 22.1. The van der Waals surface area contributed by atoms with Crippen molar-refractivity contribution < 1.29 is 19.1 Å². The van der Waals surface area contributed by atoms with E-state index < -0.39 is 11.6 Å². The van der Waals surface area contributed by atoms with Crippen LogP contribution in [0.5, 0.6) is 0 Å². The number of fused-ring (bicyclic) bond motifs is 1. The molecule has 0 aromatic carbocycles. The van der Waals surface area contributed by atoms with Crippen molar-refractivity contribution in [1.82, 2.24) is 9.97 Å². The maximum atomic E-state index is 11.6. The van der Waals surface area contributed by atoms with Crippen molar-refractivity contribution in [3.05, 3.63) is 34.8 Å². The number of nitrogens with zero attached hydrogens (tertiary/aromatic N) is 3. The summed E-state index contributed by atoms with van der Waals surface area (Å²) >= 11 is 3.53. The van der Waals surface area contributed by atoms with Crippen LogP contribution in [0.3, 0.4) is 0 Å². The van der Waals surface area contributed by atoms with E-state index in [-0.39, 0.29) is 6.04 Å². The second-order valence-electron chi connectivity index (χ2n) is 10.5. The first-order valence-electron chi connectivity index (χ1n) is 13.6. The first kappa shape index (κ1) is 31.3. The Morgan fingerprint density at radius 2 is 1.86 bits per heavy atom. The number of aryl methyl sites for hydroxylation is 1. The van der Waals surface area contributed by atoms with Gasteiger partial charge in [-0.25, -0.2) is 9.78 Å². The van der Waals surface area contributed by atoms with Gasteiger partial charge < -0.3 is 14.3 Å². The molecule has 3 aromatic heterocycles. The minimum atomic E-state index is -1.03. The van der Waals surface area contributed by atoms with E-state index in [1.54, 1.807) is 22.7 Å². The molecule has 0 aliphatic rings. The number of unbranched alkanes of at least 4 members (excludes halogenated alkanes) is 2. The van der Waals surface area contributed by atoms with Crippen LogP contribution in [0, 0.1) is 0 Å². The molecule has 0 aliphatic heterocycles. The SMILES string of the molecule is CCCCCc1cnc(-c2nccc3ccsc23)s1.CCCO[C@](CC)(CC(CC)[N+](C)(C)C)C(=O)O. The lowest BCUT2D eigenvalue weighted by atomic mass is 9.89. The largest absolute Gasteiger partial charge is 0.479 e. The van der Waals surface area contributed by atoms with Gasteiger partial charge in [0.25, 0.3) is 0 Å². The van der Waals surface area contributed by atoms with Crippen LogP contribution in [0.15, 0.2) is 29.9 Å². The zero-order valence-corrected chi connectivity index (χ0v) is 25.4. The van der Waals surface area contributed by atoms with Crippen LogP contribution < -0.4 is 0 Å². The van der Waals surface area contributed by atoms with Crippen molar-refractivity contribution in [2.75, 3.05) is 27.7 Å². The summed E-state index contributed by atoms with van der Waals surface area (Å²) in [6, 6.07) is 4.49. The predicted molar refractivity (Wildman–Crippen MR) is 158 cm³/mol. The summed E-state index contributed by atoms with van der Waals surface area (Å²) in [6.45, 7) is 8.75. The number of hydrogen-bond acceptors (Lipinski definition) is 6. The quantitative estimate of drug-likeness (QED) is 0.165. The second-order valence-corrected chi connectivity index (χ2v) is 12.5. The zero-order chi connectivity index (χ0) is 27.5. The predicted octanol–water partition coefficient (Wildman–Crippen LogP) is 7.67. The zero-order valence-electron chi connectivity index (χ0n) is 23.7. The maximum absolute atomic E-state index is 11.6. The van der Waals surface area contributed by atoms with Gasteiger partial charge in [0.1, 0.15) is 10.7 Å². The molecular weight excluding hydrogens is 502 g/mol. The highest BCUT2D eigenvalue weighted by Gasteiger charge is 2.43. The Bertz CT molecular complexity index is 1090. The number of rotatable bonds is 14. The van der Waals surface area contributed by atoms with Gasteiger partial charge in [-0.05, 0) is 55.0 Å². The molecule has 0 aliphatic carbocycles. The number of ether oxygens (including phenoxy) is 1. The fourth-order valence-electron chi connectivity index (χ4n) is 4.38. The smallest absolute Gasteiger partial charge is 0.336 e. The topological polar surface area (TPSA) is 72.3 Å². The van der Waals surface area contributed by atoms with Gasteiger partial charge in [0, 0.05) is 30.3 Å². The van der Waals surface area contributed by atoms with Crippen molar-refractivity contribution in [2.45, 2.75) is 90.7 Å². The molecule has 0 fully saturated rings. The normalized spacial score (nSPS) is 14.1. The van der Waals surface area contributed by atoms with E-state index in [1.165, 1.54) is 34.2 Å². The fourth-order valence-corrected chi connectivity index (χ4v) is 6.28. The number of carbonyl (C=O) groups is 1. The van der Waals surface area contributed by atoms with Crippen LogP contribution in [0.1, 0.15) is 77.5 Å². The van der Waals surface area contributed by atoms with Gasteiger partial charge in [-0.3, -0.25) is 4.98 Å². The molecule has 0 saturated carbocycles. The highest BCUT2D eigenvalue weighted by molar-refractivity contribution is 7.19. The number of carboxylic acid groups (broad SMARTS) is 1. The van der Waals surface area contributed by atoms with E-state index >= 15 is 0 Å². The van der Waals surface area contributed by atoms with Crippen molar-refractivity contribution in [3.63, 3.8) is 0 Å². The van der Waals surface area contributed by atoms with Gasteiger partial charge in [-0.2, -0.15) is 0 Å². The molecule has 0 spiro atoms. The van der Waals surface area contributed by atoms with Crippen molar-refractivity contribution in [2.24, 2.45) is 0 Å². The number of pyridine rings is 1. The first-order valence-corrected chi connectivity index (χ1v) is 15.3. The minimum Gasteiger partial charge on any atom is -0.479 e. The number of thiophene rings is 1.